The van der Waals surface area contributed by atoms with Crippen LogP contribution in [0.5, 0.6) is 0 Å². The summed E-state index contributed by atoms with van der Waals surface area (Å²) in [6, 6.07) is 16.6. The lowest BCUT2D eigenvalue weighted by molar-refractivity contribution is 0.0515. The molecule has 3 aromatic rings. The molecule has 2 aliphatic rings. The maximum Gasteiger partial charge on any atom is 0.338 e. The lowest BCUT2D eigenvalue weighted by Crippen LogP contribution is -2.49. The van der Waals surface area contributed by atoms with Crippen molar-refractivity contribution >= 4 is 34.1 Å². The molecular formula is C25H23N3O4S. The van der Waals surface area contributed by atoms with Gasteiger partial charge in [0.05, 0.1) is 16.7 Å². The van der Waals surface area contributed by atoms with Gasteiger partial charge >= 0.3 is 5.97 Å². The number of thiophene rings is 1. The Morgan fingerprint density at radius 3 is 2.30 bits per heavy atom. The molecule has 0 spiro atoms. The number of hydrogen-bond donors (Lipinski definition) is 2. The molecule has 0 fully saturated rings. The van der Waals surface area contributed by atoms with Crippen molar-refractivity contribution in [3.63, 3.8) is 0 Å². The van der Waals surface area contributed by atoms with Gasteiger partial charge in [-0.15, -0.1) is 11.3 Å². The Kier molecular flexibility index (Phi) is 5.26. The summed E-state index contributed by atoms with van der Waals surface area (Å²) < 4.78 is 0. The molecule has 0 radical (unpaired) electrons. The summed E-state index contributed by atoms with van der Waals surface area (Å²) in [6.45, 7) is 2.77. The van der Waals surface area contributed by atoms with Gasteiger partial charge in [0.1, 0.15) is 5.00 Å². The minimum Gasteiger partial charge on any atom is -0.478 e. The van der Waals surface area contributed by atoms with Gasteiger partial charge in [-0.25, -0.2) is 4.79 Å². The molecule has 0 unspecified atom stereocenters. The number of imide groups is 1. The zero-order valence-electron chi connectivity index (χ0n) is 18.0. The molecule has 1 aromatic heterocycles. The first kappa shape index (κ1) is 21.4. The summed E-state index contributed by atoms with van der Waals surface area (Å²) in [5.74, 6) is -1.66. The molecule has 0 saturated heterocycles. The smallest absolute Gasteiger partial charge is 0.338 e. The van der Waals surface area contributed by atoms with E-state index in [1.807, 2.05) is 30.3 Å². The number of fused-ring (bicyclic) bond motifs is 2. The molecule has 2 aliphatic heterocycles. The highest BCUT2D eigenvalue weighted by molar-refractivity contribution is 7.16. The number of anilines is 1. The Bertz CT molecular complexity index is 1230. The highest BCUT2D eigenvalue weighted by Gasteiger charge is 2.41. The molecular weight excluding hydrogens is 438 g/mol. The number of nitrogen functional groups attached to an aromatic ring is 1. The van der Waals surface area contributed by atoms with E-state index in [1.165, 1.54) is 16.2 Å². The van der Waals surface area contributed by atoms with Crippen molar-refractivity contribution in [3.05, 3.63) is 87.3 Å². The second-order valence-corrected chi connectivity index (χ2v) is 9.57. The van der Waals surface area contributed by atoms with Gasteiger partial charge < -0.3 is 10.8 Å². The summed E-state index contributed by atoms with van der Waals surface area (Å²) in [5, 5.41) is 10.0. The van der Waals surface area contributed by atoms with E-state index in [2.05, 4.69) is 11.8 Å². The normalized spacial score (nSPS) is 18.8. The number of nitrogens with zero attached hydrogens (tertiary/aromatic N) is 2. The number of nitrogens with two attached hydrogens (primary N) is 1. The van der Waals surface area contributed by atoms with E-state index in [4.69, 9.17) is 5.73 Å². The van der Waals surface area contributed by atoms with Gasteiger partial charge in [-0.1, -0.05) is 42.5 Å². The van der Waals surface area contributed by atoms with Crippen LogP contribution in [-0.4, -0.2) is 45.3 Å². The molecule has 3 N–H and O–H groups in total. The predicted octanol–water partition coefficient (Wildman–Crippen LogP) is 3.81. The van der Waals surface area contributed by atoms with Gasteiger partial charge in [0.15, 0.2) is 0 Å². The van der Waals surface area contributed by atoms with Crippen LogP contribution in [0.4, 0.5) is 5.00 Å². The highest BCUT2D eigenvalue weighted by atomic mass is 32.1. The Morgan fingerprint density at radius 2 is 1.70 bits per heavy atom. The standard InChI is InChI=1S/C25H23N3O4S/c1-14(15-7-3-2-4-8-15)27-13-20-19(21(25(31)32)22(26)33-20)11-16(27)12-28-23(29)17-9-5-6-10-18(17)24(28)30/h2-10,14,16H,11-13,26H2,1H3,(H,31,32)/t14-,16-/m0/s1. The Morgan fingerprint density at radius 1 is 1.09 bits per heavy atom. The van der Waals surface area contributed by atoms with Crippen LogP contribution < -0.4 is 5.73 Å². The number of carboxylic acid groups (broad SMARTS) is 1. The van der Waals surface area contributed by atoms with Crippen LogP contribution in [0.15, 0.2) is 54.6 Å². The number of hydrogen-bond acceptors (Lipinski definition) is 6. The van der Waals surface area contributed by atoms with Crippen molar-refractivity contribution in [3.8, 4) is 0 Å². The molecule has 3 heterocycles. The quantitative estimate of drug-likeness (QED) is 0.560. The molecule has 2 amide bonds. The van der Waals surface area contributed by atoms with Crippen LogP contribution in [0.3, 0.4) is 0 Å². The summed E-state index contributed by atoms with van der Waals surface area (Å²) in [4.78, 5) is 42.4. The third-order valence-electron chi connectivity index (χ3n) is 6.62. The van der Waals surface area contributed by atoms with Crippen LogP contribution in [-0.2, 0) is 13.0 Å². The molecule has 0 aliphatic carbocycles. The molecule has 0 saturated carbocycles. The molecule has 2 aromatic carbocycles. The maximum atomic E-state index is 13.0. The van der Waals surface area contributed by atoms with E-state index in [9.17, 15) is 19.5 Å². The third-order valence-corrected chi connectivity index (χ3v) is 7.66. The molecule has 2 atom stereocenters. The van der Waals surface area contributed by atoms with Gasteiger partial charge in [-0.05, 0) is 36.6 Å². The van der Waals surface area contributed by atoms with E-state index in [0.29, 0.717) is 34.7 Å². The van der Waals surface area contributed by atoms with Gasteiger partial charge in [0.2, 0.25) is 0 Å². The van der Waals surface area contributed by atoms with Crippen LogP contribution >= 0.6 is 11.3 Å². The average Bonchev–Trinajstić information content (AvgIpc) is 3.27. The second-order valence-electron chi connectivity index (χ2n) is 8.43. The monoisotopic (exact) mass is 461 g/mol. The van der Waals surface area contributed by atoms with Gasteiger partial charge in [0.25, 0.3) is 11.8 Å². The number of rotatable bonds is 5. The van der Waals surface area contributed by atoms with E-state index in [-0.39, 0.29) is 36.0 Å². The summed E-state index contributed by atoms with van der Waals surface area (Å²) in [7, 11) is 0. The third kappa shape index (κ3) is 3.51. The number of amides is 2. The van der Waals surface area contributed by atoms with Crippen molar-refractivity contribution in [2.24, 2.45) is 0 Å². The Hall–Kier alpha value is -3.49. The Balaban J connectivity index is 1.52. The van der Waals surface area contributed by atoms with Crippen LogP contribution in [0.1, 0.15) is 60.0 Å². The molecule has 168 valence electrons. The lowest BCUT2D eigenvalue weighted by atomic mass is 9.93. The highest BCUT2D eigenvalue weighted by Crippen LogP contribution is 2.40. The van der Waals surface area contributed by atoms with Crippen LogP contribution in [0, 0.1) is 0 Å². The lowest BCUT2D eigenvalue weighted by Gasteiger charge is -2.41. The van der Waals surface area contributed by atoms with E-state index in [1.54, 1.807) is 24.3 Å². The van der Waals surface area contributed by atoms with Crippen molar-refractivity contribution in [2.45, 2.75) is 32.0 Å². The fourth-order valence-corrected chi connectivity index (χ4v) is 6.02. The fourth-order valence-electron chi connectivity index (χ4n) is 4.92. The first-order valence-corrected chi connectivity index (χ1v) is 11.6. The molecule has 5 rings (SSSR count). The fraction of sp³-hybridized carbons (Fsp3) is 0.240. The van der Waals surface area contributed by atoms with Gasteiger partial charge in [-0.2, -0.15) is 0 Å². The largest absolute Gasteiger partial charge is 0.478 e. The minimum atomic E-state index is -1.05. The molecule has 8 heteroatoms. The maximum absolute atomic E-state index is 13.0. The second kappa shape index (κ2) is 8.13. The number of carboxylic acids is 1. The van der Waals surface area contributed by atoms with Crippen LogP contribution in [0.25, 0.3) is 0 Å². The first-order chi connectivity index (χ1) is 15.9. The number of benzene rings is 2. The van der Waals surface area contributed by atoms with E-state index < -0.39 is 5.97 Å². The van der Waals surface area contributed by atoms with Crippen molar-refractivity contribution in [2.75, 3.05) is 12.3 Å². The topological polar surface area (TPSA) is 104 Å². The molecule has 33 heavy (non-hydrogen) atoms. The summed E-state index contributed by atoms with van der Waals surface area (Å²) in [5.41, 5.74) is 8.85. The number of carbonyl (C=O) groups excluding carboxylic acids is 2. The molecule has 0 bridgehead atoms. The Labute approximate surface area is 195 Å². The summed E-state index contributed by atoms with van der Waals surface area (Å²) >= 11 is 1.30. The number of aromatic carboxylic acids is 1. The van der Waals surface area contributed by atoms with Gasteiger partial charge in [0, 0.05) is 30.1 Å². The average molecular weight is 462 g/mol. The zero-order chi connectivity index (χ0) is 23.3. The van der Waals surface area contributed by atoms with Gasteiger partial charge in [-0.3, -0.25) is 19.4 Å². The first-order valence-electron chi connectivity index (χ1n) is 10.8. The minimum absolute atomic E-state index is 0.00358. The number of carbonyl (C=O) groups is 3. The van der Waals surface area contributed by atoms with Crippen molar-refractivity contribution < 1.29 is 19.5 Å². The molecule has 7 nitrogen and oxygen atoms in total. The van der Waals surface area contributed by atoms with E-state index >= 15 is 0 Å². The van der Waals surface area contributed by atoms with Crippen molar-refractivity contribution in [1.82, 2.24) is 9.80 Å². The zero-order valence-corrected chi connectivity index (χ0v) is 18.8. The van der Waals surface area contributed by atoms with Crippen molar-refractivity contribution in [1.29, 1.82) is 0 Å². The summed E-state index contributed by atoms with van der Waals surface area (Å²) in [6.07, 6.45) is 0.398. The van der Waals surface area contributed by atoms with E-state index in [0.717, 1.165) is 10.4 Å². The SMILES string of the molecule is C[C@@H](c1ccccc1)N1Cc2sc(N)c(C(=O)O)c2C[C@H]1CN1C(=O)c2ccccc2C1=O. The van der Waals surface area contributed by atoms with Crippen LogP contribution in [0.2, 0.25) is 0 Å². The predicted molar refractivity (Wildman–Crippen MR) is 125 cm³/mol.